The quantitative estimate of drug-likeness (QED) is 0.631. The summed E-state index contributed by atoms with van der Waals surface area (Å²) in [5, 5.41) is 5.76. The van der Waals surface area contributed by atoms with Gasteiger partial charge < -0.3 is 25.0 Å². The van der Waals surface area contributed by atoms with Crippen LogP contribution >= 0.6 is 0 Å². The number of anilines is 2. The molecule has 7 heteroatoms. The normalized spacial score (nSPS) is 14.3. The zero-order valence-corrected chi connectivity index (χ0v) is 19.0. The van der Waals surface area contributed by atoms with Gasteiger partial charge in [0.15, 0.2) is 11.5 Å². The van der Waals surface area contributed by atoms with Gasteiger partial charge in [0, 0.05) is 50.2 Å². The van der Waals surface area contributed by atoms with E-state index in [-0.39, 0.29) is 6.03 Å². The number of carbonyl (C=O) groups is 1. The van der Waals surface area contributed by atoms with Crippen LogP contribution in [0, 0.1) is 13.8 Å². The van der Waals surface area contributed by atoms with Crippen molar-refractivity contribution >= 4 is 17.4 Å². The highest BCUT2D eigenvalue weighted by Gasteiger charge is 2.18. The molecule has 0 aliphatic carbocycles. The minimum Gasteiger partial charge on any atom is -0.493 e. The molecule has 0 unspecified atom stereocenters. The fourth-order valence-electron chi connectivity index (χ4n) is 3.87. The molecule has 0 atom stereocenters. The summed E-state index contributed by atoms with van der Waals surface area (Å²) in [5.41, 5.74) is 4.66. The van der Waals surface area contributed by atoms with Gasteiger partial charge in [0.1, 0.15) is 0 Å². The van der Waals surface area contributed by atoms with Crippen molar-refractivity contribution in [1.29, 1.82) is 0 Å². The third-order valence-electron chi connectivity index (χ3n) is 5.66. The maximum atomic E-state index is 12.2. The van der Waals surface area contributed by atoms with Crippen molar-refractivity contribution in [2.75, 3.05) is 63.7 Å². The summed E-state index contributed by atoms with van der Waals surface area (Å²) in [7, 11) is 3.16. The van der Waals surface area contributed by atoms with Crippen LogP contribution in [0.5, 0.6) is 11.5 Å². The molecule has 1 saturated heterocycles. The Hall–Kier alpha value is -2.93. The van der Waals surface area contributed by atoms with Gasteiger partial charge in [-0.25, -0.2) is 4.79 Å². The fourth-order valence-corrected chi connectivity index (χ4v) is 3.87. The van der Waals surface area contributed by atoms with Gasteiger partial charge in [-0.15, -0.1) is 0 Å². The Bertz CT molecular complexity index is 879. The summed E-state index contributed by atoms with van der Waals surface area (Å²) in [6.45, 7) is 10.1. The van der Waals surface area contributed by atoms with Gasteiger partial charge in [-0.3, -0.25) is 4.90 Å². The topological polar surface area (TPSA) is 66.1 Å². The number of urea groups is 1. The summed E-state index contributed by atoms with van der Waals surface area (Å²) >= 11 is 0. The predicted octanol–water partition coefficient (Wildman–Crippen LogP) is 3.65. The van der Waals surface area contributed by atoms with E-state index in [0.29, 0.717) is 23.7 Å². The van der Waals surface area contributed by atoms with E-state index >= 15 is 0 Å². The average molecular weight is 427 g/mol. The van der Waals surface area contributed by atoms with Crippen LogP contribution in [-0.2, 0) is 0 Å². The number of hydrogen-bond donors (Lipinski definition) is 2. The molecule has 2 aromatic rings. The van der Waals surface area contributed by atoms with Crippen LogP contribution in [0.15, 0.2) is 36.4 Å². The van der Waals surface area contributed by atoms with E-state index in [2.05, 4.69) is 52.5 Å². The smallest absolute Gasteiger partial charge is 0.319 e. The maximum Gasteiger partial charge on any atom is 0.319 e. The molecule has 1 fully saturated rings. The standard InChI is InChI=1S/C24H34N4O3/c1-18-6-7-19(2)21(16-18)28-14-12-27(13-15-28)11-5-10-25-24(29)26-20-8-9-22(30-3)23(17-20)31-4/h6-9,16-17H,5,10-15H2,1-4H3,(H2,25,26,29). The summed E-state index contributed by atoms with van der Waals surface area (Å²) in [6, 6.07) is 11.7. The van der Waals surface area contributed by atoms with Crippen LogP contribution < -0.4 is 25.0 Å². The number of benzene rings is 2. The number of nitrogens with one attached hydrogen (secondary N) is 2. The number of ether oxygens (including phenoxy) is 2. The predicted molar refractivity (Wildman–Crippen MR) is 126 cm³/mol. The lowest BCUT2D eigenvalue weighted by Crippen LogP contribution is -2.47. The molecule has 0 saturated carbocycles. The lowest BCUT2D eigenvalue weighted by Gasteiger charge is -2.37. The molecule has 1 aliphatic rings. The van der Waals surface area contributed by atoms with Crippen molar-refractivity contribution in [3.05, 3.63) is 47.5 Å². The summed E-state index contributed by atoms with van der Waals surface area (Å²) in [6.07, 6.45) is 0.919. The number of nitrogens with zero attached hydrogens (tertiary/aromatic N) is 2. The third-order valence-corrected chi connectivity index (χ3v) is 5.66. The molecular formula is C24H34N4O3. The highest BCUT2D eigenvalue weighted by atomic mass is 16.5. The zero-order valence-electron chi connectivity index (χ0n) is 19.0. The maximum absolute atomic E-state index is 12.2. The summed E-state index contributed by atoms with van der Waals surface area (Å²) < 4.78 is 10.5. The summed E-state index contributed by atoms with van der Waals surface area (Å²) in [5.74, 6) is 1.21. The molecular weight excluding hydrogens is 392 g/mol. The number of rotatable bonds is 8. The average Bonchev–Trinajstić information content (AvgIpc) is 2.78. The Morgan fingerprint density at radius 1 is 0.968 bits per heavy atom. The second-order valence-electron chi connectivity index (χ2n) is 7.92. The molecule has 0 aromatic heterocycles. The van der Waals surface area contributed by atoms with Gasteiger partial charge in [0.05, 0.1) is 14.2 Å². The van der Waals surface area contributed by atoms with E-state index in [1.54, 1.807) is 32.4 Å². The molecule has 2 aromatic carbocycles. The van der Waals surface area contributed by atoms with Crippen molar-refractivity contribution in [3.8, 4) is 11.5 Å². The second-order valence-corrected chi connectivity index (χ2v) is 7.92. The van der Waals surface area contributed by atoms with Crippen LogP contribution in [0.25, 0.3) is 0 Å². The Morgan fingerprint density at radius 2 is 1.71 bits per heavy atom. The Balaban J connectivity index is 1.36. The van der Waals surface area contributed by atoms with Crippen LogP contribution in [-0.4, -0.2) is 64.4 Å². The monoisotopic (exact) mass is 426 g/mol. The van der Waals surface area contributed by atoms with Crippen molar-refractivity contribution in [2.45, 2.75) is 20.3 Å². The Morgan fingerprint density at radius 3 is 2.42 bits per heavy atom. The zero-order chi connectivity index (χ0) is 22.2. The van der Waals surface area contributed by atoms with Gasteiger partial charge in [-0.1, -0.05) is 12.1 Å². The first-order valence-corrected chi connectivity index (χ1v) is 10.8. The third kappa shape index (κ3) is 6.28. The lowest BCUT2D eigenvalue weighted by molar-refractivity contribution is 0.244. The minimum atomic E-state index is -0.216. The van der Waals surface area contributed by atoms with Gasteiger partial charge in [-0.05, 0) is 56.1 Å². The molecule has 0 bridgehead atoms. The minimum absolute atomic E-state index is 0.216. The number of hydrogen-bond acceptors (Lipinski definition) is 5. The van der Waals surface area contributed by atoms with E-state index in [4.69, 9.17) is 9.47 Å². The molecule has 1 aliphatic heterocycles. The first kappa shape index (κ1) is 22.7. The van der Waals surface area contributed by atoms with Crippen molar-refractivity contribution in [2.24, 2.45) is 0 Å². The van der Waals surface area contributed by atoms with E-state index in [9.17, 15) is 4.79 Å². The molecule has 1 heterocycles. The highest BCUT2D eigenvalue weighted by Crippen LogP contribution is 2.29. The van der Waals surface area contributed by atoms with E-state index in [0.717, 1.165) is 39.1 Å². The second kappa shape index (κ2) is 10.9. The number of carbonyl (C=O) groups excluding carboxylic acids is 1. The van der Waals surface area contributed by atoms with Gasteiger partial charge in [0.2, 0.25) is 0 Å². The number of amides is 2. The molecule has 3 rings (SSSR count). The SMILES string of the molecule is COc1ccc(NC(=O)NCCCN2CCN(c3cc(C)ccc3C)CC2)cc1OC. The largest absolute Gasteiger partial charge is 0.493 e. The van der Waals surface area contributed by atoms with Gasteiger partial charge in [-0.2, -0.15) is 0 Å². The van der Waals surface area contributed by atoms with Crippen molar-refractivity contribution in [3.63, 3.8) is 0 Å². The molecule has 31 heavy (non-hydrogen) atoms. The number of aryl methyl sites for hydroxylation is 2. The molecule has 168 valence electrons. The lowest BCUT2D eigenvalue weighted by atomic mass is 10.1. The van der Waals surface area contributed by atoms with Crippen LogP contribution in [0.4, 0.5) is 16.2 Å². The van der Waals surface area contributed by atoms with Crippen molar-refractivity contribution < 1.29 is 14.3 Å². The fraction of sp³-hybridized carbons (Fsp3) is 0.458. The van der Waals surface area contributed by atoms with Crippen LogP contribution in [0.1, 0.15) is 17.5 Å². The molecule has 0 spiro atoms. The molecule has 7 nitrogen and oxygen atoms in total. The Labute approximate surface area is 185 Å². The first-order valence-electron chi connectivity index (χ1n) is 10.8. The summed E-state index contributed by atoms with van der Waals surface area (Å²) in [4.78, 5) is 17.1. The number of methoxy groups -OCH3 is 2. The van der Waals surface area contributed by atoms with Gasteiger partial charge in [0.25, 0.3) is 0 Å². The molecule has 2 amide bonds. The Kier molecular flexibility index (Phi) is 8.00. The van der Waals surface area contributed by atoms with Crippen LogP contribution in [0.2, 0.25) is 0 Å². The molecule has 2 N–H and O–H groups in total. The first-order chi connectivity index (χ1) is 15.0. The van der Waals surface area contributed by atoms with Gasteiger partial charge >= 0.3 is 6.03 Å². The van der Waals surface area contributed by atoms with Crippen LogP contribution in [0.3, 0.4) is 0 Å². The van der Waals surface area contributed by atoms with E-state index < -0.39 is 0 Å². The van der Waals surface area contributed by atoms with E-state index in [1.165, 1.54) is 16.8 Å². The van der Waals surface area contributed by atoms with E-state index in [1.807, 2.05) is 0 Å². The highest BCUT2D eigenvalue weighted by molar-refractivity contribution is 5.89. The number of piperazine rings is 1. The molecule has 0 radical (unpaired) electrons. The van der Waals surface area contributed by atoms with Crippen molar-refractivity contribution in [1.82, 2.24) is 10.2 Å².